The normalized spacial score (nSPS) is 36.8. The summed E-state index contributed by atoms with van der Waals surface area (Å²) in [6.45, 7) is 2.04. The number of hydrogen-bond acceptors (Lipinski definition) is 3. The summed E-state index contributed by atoms with van der Waals surface area (Å²) in [4.78, 5) is 11.7. The zero-order valence-electron chi connectivity index (χ0n) is 9.86. The van der Waals surface area contributed by atoms with Crippen LogP contribution in [0.3, 0.4) is 0 Å². The number of carbonyl (C=O) groups is 1. The predicted octanol–water partition coefficient (Wildman–Crippen LogP) is 1.23. The lowest BCUT2D eigenvalue weighted by atomic mass is 10.1. The molecule has 0 aromatic heterocycles. The van der Waals surface area contributed by atoms with E-state index in [1.54, 1.807) is 0 Å². The van der Waals surface area contributed by atoms with Crippen LogP contribution in [0.4, 0.5) is 3.89 Å². The Morgan fingerprint density at radius 2 is 2.00 bits per heavy atom. The fraction of sp³-hybridized carbons (Fsp3) is 0.909. The van der Waals surface area contributed by atoms with E-state index in [2.05, 4.69) is 5.32 Å². The van der Waals surface area contributed by atoms with Crippen LogP contribution in [-0.4, -0.2) is 26.1 Å². The monoisotopic (exact) mass is 263 g/mol. The van der Waals surface area contributed by atoms with Crippen LogP contribution in [-0.2, 0) is 15.0 Å². The molecule has 0 aliphatic heterocycles. The molecule has 0 heterocycles. The topological polar surface area (TPSA) is 63.2 Å². The van der Waals surface area contributed by atoms with Gasteiger partial charge in [-0.1, -0.05) is 6.92 Å². The Kier molecular flexibility index (Phi) is 3.43. The first kappa shape index (κ1) is 12.8. The summed E-state index contributed by atoms with van der Waals surface area (Å²) in [5, 5.41) is 2.93. The molecule has 2 rings (SSSR count). The van der Waals surface area contributed by atoms with Gasteiger partial charge in [-0.2, -0.15) is 8.42 Å². The summed E-state index contributed by atoms with van der Waals surface area (Å²) >= 11 is 0. The lowest BCUT2D eigenvalue weighted by Crippen LogP contribution is -2.34. The zero-order valence-corrected chi connectivity index (χ0v) is 10.7. The molecule has 4 nitrogen and oxygen atoms in total. The Bertz CT molecular complexity index is 409. The summed E-state index contributed by atoms with van der Waals surface area (Å²) < 4.78 is 33.6. The van der Waals surface area contributed by atoms with Crippen LogP contribution in [0.25, 0.3) is 0 Å². The van der Waals surface area contributed by atoms with E-state index < -0.39 is 16.0 Å². The van der Waals surface area contributed by atoms with Gasteiger partial charge in [-0.05, 0) is 37.5 Å². The Morgan fingerprint density at radius 1 is 1.35 bits per heavy atom. The highest BCUT2D eigenvalue weighted by Gasteiger charge is 2.40. The summed E-state index contributed by atoms with van der Waals surface area (Å²) in [5.41, 5.74) is 0. The molecule has 0 saturated heterocycles. The van der Waals surface area contributed by atoms with Crippen molar-refractivity contribution in [3.63, 3.8) is 0 Å². The van der Waals surface area contributed by atoms with Crippen molar-refractivity contribution in [2.24, 2.45) is 17.8 Å². The Morgan fingerprint density at radius 3 is 2.53 bits per heavy atom. The van der Waals surface area contributed by atoms with Crippen LogP contribution in [0.15, 0.2) is 0 Å². The Hall–Kier alpha value is -0.650. The standard InChI is InChI=1S/C11H18FNO3S/c1-7-4-10(7)11(14)13-9-3-2-8(5-9)6-17(12,15)16/h7-10H,2-6H2,1H3,(H,13,14)/t7?,8-,9+,10?/m0/s1. The van der Waals surface area contributed by atoms with Crippen LogP contribution in [0, 0.1) is 17.8 Å². The maximum atomic E-state index is 12.5. The number of carbonyl (C=O) groups excluding carboxylic acids is 1. The molecule has 1 amide bonds. The largest absolute Gasteiger partial charge is 0.353 e. The van der Waals surface area contributed by atoms with Gasteiger partial charge in [0, 0.05) is 12.0 Å². The van der Waals surface area contributed by atoms with E-state index in [4.69, 9.17) is 0 Å². The number of hydrogen-bond donors (Lipinski definition) is 1. The van der Waals surface area contributed by atoms with E-state index >= 15 is 0 Å². The van der Waals surface area contributed by atoms with Crippen LogP contribution < -0.4 is 5.32 Å². The molecule has 2 aliphatic rings. The van der Waals surface area contributed by atoms with Gasteiger partial charge >= 0.3 is 10.2 Å². The molecule has 0 bridgehead atoms. The number of nitrogens with one attached hydrogen (secondary N) is 1. The van der Waals surface area contributed by atoms with Crippen molar-refractivity contribution < 1.29 is 17.1 Å². The van der Waals surface area contributed by atoms with Crippen LogP contribution in [0.1, 0.15) is 32.6 Å². The van der Waals surface area contributed by atoms with Gasteiger partial charge in [0.25, 0.3) is 0 Å². The first-order chi connectivity index (χ1) is 7.85. The minimum Gasteiger partial charge on any atom is -0.353 e. The van der Waals surface area contributed by atoms with Crippen molar-refractivity contribution in [3.8, 4) is 0 Å². The smallest absolute Gasteiger partial charge is 0.302 e. The van der Waals surface area contributed by atoms with Crippen LogP contribution >= 0.6 is 0 Å². The van der Waals surface area contributed by atoms with Gasteiger partial charge in [-0.15, -0.1) is 3.89 Å². The van der Waals surface area contributed by atoms with Crippen molar-refractivity contribution in [3.05, 3.63) is 0 Å². The van der Waals surface area contributed by atoms with Crippen molar-refractivity contribution >= 4 is 16.1 Å². The summed E-state index contributed by atoms with van der Waals surface area (Å²) in [6.07, 6.45) is 2.96. The summed E-state index contributed by atoms with van der Waals surface area (Å²) in [7, 11) is -4.38. The third-order valence-electron chi connectivity index (χ3n) is 3.77. The molecular formula is C11H18FNO3S. The lowest BCUT2D eigenvalue weighted by Gasteiger charge is -2.12. The first-order valence-electron chi connectivity index (χ1n) is 6.08. The molecule has 0 aromatic rings. The number of halogens is 1. The molecule has 2 saturated carbocycles. The van der Waals surface area contributed by atoms with E-state index in [1.165, 1.54) is 0 Å². The van der Waals surface area contributed by atoms with Crippen molar-refractivity contribution in [2.45, 2.75) is 38.6 Å². The highest BCUT2D eigenvalue weighted by Crippen LogP contribution is 2.38. The van der Waals surface area contributed by atoms with Crippen LogP contribution in [0.2, 0.25) is 0 Å². The SMILES string of the molecule is CC1CC1C(=O)N[C@@H]1CC[C@H](CS(=O)(=O)F)C1. The highest BCUT2D eigenvalue weighted by molar-refractivity contribution is 7.86. The highest BCUT2D eigenvalue weighted by atomic mass is 32.3. The minimum absolute atomic E-state index is 0.0297. The Labute approximate surface area is 101 Å². The van der Waals surface area contributed by atoms with Crippen molar-refractivity contribution in [1.29, 1.82) is 0 Å². The second kappa shape index (κ2) is 4.55. The van der Waals surface area contributed by atoms with E-state index in [1.807, 2.05) is 6.92 Å². The predicted molar refractivity (Wildman–Crippen MR) is 61.4 cm³/mol. The molecule has 1 N–H and O–H groups in total. The Balaban J connectivity index is 1.76. The first-order valence-corrected chi connectivity index (χ1v) is 7.63. The molecule has 2 fully saturated rings. The minimum atomic E-state index is -4.38. The van der Waals surface area contributed by atoms with Gasteiger partial charge in [-0.25, -0.2) is 0 Å². The van der Waals surface area contributed by atoms with E-state index in [0.29, 0.717) is 18.8 Å². The number of amides is 1. The van der Waals surface area contributed by atoms with Gasteiger partial charge in [0.2, 0.25) is 5.91 Å². The third kappa shape index (κ3) is 3.66. The second-order valence-corrected chi connectivity index (χ2v) is 6.82. The molecule has 98 valence electrons. The van der Waals surface area contributed by atoms with Crippen molar-refractivity contribution in [2.75, 3.05) is 5.75 Å². The molecule has 0 spiro atoms. The maximum Gasteiger partial charge on any atom is 0.302 e. The van der Waals surface area contributed by atoms with Crippen LogP contribution in [0.5, 0.6) is 0 Å². The van der Waals surface area contributed by atoms with Gasteiger partial charge in [0.15, 0.2) is 0 Å². The molecule has 2 aliphatic carbocycles. The molecule has 0 aromatic carbocycles. The van der Waals surface area contributed by atoms with Gasteiger partial charge in [0.05, 0.1) is 5.75 Å². The fourth-order valence-corrected chi connectivity index (χ4v) is 3.50. The van der Waals surface area contributed by atoms with Gasteiger partial charge in [0.1, 0.15) is 0 Å². The van der Waals surface area contributed by atoms with Gasteiger partial charge in [-0.3, -0.25) is 4.79 Å². The lowest BCUT2D eigenvalue weighted by molar-refractivity contribution is -0.123. The third-order valence-corrected chi connectivity index (χ3v) is 4.64. The fourth-order valence-electron chi connectivity index (χ4n) is 2.63. The zero-order chi connectivity index (χ0) is 12.6. The van der Waals surface area contributed by atoms with E-state index in [-0.39, 0.29) is 23.8 Å². The average molecular weight is 263 g/mol. The second-order valence-electron chi connectivity index (χ2n) is 5.41. The molecule has 2 unspecified atom stereocenters. The van der Waals surface area contributed by atoms with E-state index in [0.717, 1.165) is 12.8 Å². The summed E-state index contributed by atoms with van der Waals surface area (Å²) in [6, 6.07) is 0.0297. The molecule has 0 radical (unpaired) electrons. The molecule has 6 heteroatoms. The van der Waals surface area contributed by atoms with Gasteiger partial charge < -0.3 is 5.32 Å². The number of rotatable bonds is 4. The molecular weight excluding hydrogens is 245 g/mol. The average Bonchev–Trinajstić information content (AvgIpc) is 2.75. The van der Waals surface area contributed by atoms with E-state index in [9.17, 15) is 17.1 Å². The quantitative estimate of drug-likeness (QED) is 0.776. The summed E-state index contributed by atoms with van der Waals surface area (Å²) in [5.74, 6) is 0.134. The molecule has 17 heavy (non-hydrogen) atoms. The molecule has 4 atom stereocenters. The van der Waals surface area contributed by atoms with Crippen molar-refractivity contribution in [1.82, 2.24) is 5.32 Å². The maximum absolute atomic E-state index is 12.5.